The van der Waals surface area contributed by atoms with Gasteiger partial charge in [-0.3, -0.25) is 9.59 Å². The summed E-state index contributed by atoms with van der Waals surface area (Å²) < 4.78 is 10.3. The third-order valence-corrected chi connectivity index (χ3v) is 4.50. The highest BCUT2D eigenvalue weighted by atomic mass is 35.5. The Balaban J connectivity index is 1.33. The fourth-order valence-electron chi connectivity index (χ4n) is 2.74. The number of hydrogen-bond acceptors (Lipinski definition) is 5. The number of nitrogens with one attached hydrogen (secondary N) is 2. The molecule has 4 rings (SSSR count). The van der Waals surface area contributed by atoms with Crippen molar-refractivity contribution in [2.45, 2.75) is 6.54 Å². The van der Waals surface area contributed by atoms with Crippen LogP contribution in [0.2, 0.25) is 5.02 Å². The Morgan fingerprint density at radius 2 is 1.80 bits per heavy atom. The van der Waals surface area contributed by atoms with Crippen LogP contribution in [0.25, 0.3) is 11.3 Å². The topological polar surface area (TPSA) is 97.4 Å². The smallest absolute Gasteiger partial charge is 0.291 e. The van der Waals surface area contributed by atoms with Gasteiger partial charge in [0.15, 0.2) is 17.2 Å². The van der Waals surface area contributed by atoms with Gasteiger partial charge >= 0.3 is 0 Å². The maximum Gasteiger partial charge on any atom is 0.291 e. The van der Waals surface area contributed by atoms with Crippen molar-refractivity contribution in [3.05, 3.63) is 95.0 Å². The quantitative estimate of drug-likeness (QED) is 0.467. The molecule has 2 N–H and O–H groups in total. The molecule has 0 aliphatic heterocycles. The van der Waals surface area contributed by atoms with Gasteiger partial charge < -0.3 is 19.6 Å². The zero-order valence-electron chi connectivity index (χ0n) is 15.6. The minimum atomic E-state index is -0.359. The minimum absolute atomic E-state index is 0.173. The van der Waals surface area contributed by atoms with Crippen molar-refractivity contribution >= 4 is 29.1 Å². The molecule has 8 heteroatoms. The van der Waals surface area contributed by atoms with E-state index in [4.69, 9.17) is 20.5 Å². The molecule has 2 aromatic carbocycles. The van der Waals surface area contributed by atoms with Gasteiger partial charge in [0.1, 0.15) is 0 Å². The van der Waals surface area contributed by atoms with Crippen molar-refractivity contribution < 1.29 is 18.5 Å². The molecule has 0 radical (unpaired) electrons. The molecule has 0 atom stereocenters. The third kappa shape index (κ3) is 4.59. The second-order valence-electron chi connectivity index (χ2n) is 6.40. The molecule has 0 aliphatic rings. The van der Waals surface area contributed by atoms with Crippen LogP contribution >= 0.6 is 11.6 Å². The lowest BCUT2D eigenvalue weighted by atomic mass is 10.1. The summed E-state index contributed by atoms with van der Waals surface area (Å²) in [6.45, 7) is 0.296. The summed E-state index contributed by atoms with van der Waals surface area (Å²) in [7, 11) is 0. The second-order valence-corrected chi connectivity index (χ2v) is 6.83. The van der Waals surface area contributed by atoms with Crippen LogP contribution < -0.4 is 10.6 Å². The number of amides is 2. The first-order chi connectivity index (χ1) is 14.6. The molecule has 0 fully saturated rings. The van der Waals surface area contributed by atoms with E-state index in [1.165, 1.54) is 6.26 Å². The summed E-state index contributed by atoms with van der Waals surface area (Å²) in [5, 5.41) is 9.90. The Kier molecular flexibility index (Phi) is 5.63. The van der Waals surface area contributed by atoms with Gasteiger partial charge in [-0.1, -0.05) is 41.0 Å². The second kappa shape index (κ2) is 8.67. The molecule has 0 saturated carbocycles. The number of carbonyl (C=O) groups is 2. The number of carbonyl (C=O) groups excluding carboxylic acids is 2. The molecule has 2 amide bonds. The van der Waals surface area contributed by atoms with Crippen LogP contribution in [0.15, 0.2) is 81.9 Å². The summed E-state index contributed by atoms with van der Waals surface area (Å²) in [5.74, 6) is 0.000200. The molecular weight excluding hydrogens is 406 g/mol. The van der Waals surface area contributed by atoms with Crippen LogP contribution in [0.3, 0.4) is 0 Å². The highest BCUT2D eigenvalue weighted by Crippen LogP contribution is 2.23. The summed E-state index contributed by atoms with van der Waals surface area (Å²) in [4.78, 5) is 24.3. The predicted octanol–water partition coefficient (Wildman–Crippen LogP) is 4.77. The number of nitrogens with zero attached hydrogens (tertiary/aromatic N) is 1. The van der Waals surface area contributed by atoms with Crippen LogP contribution in [0.5, 0.6) is 0 Å². The molecular formula is C22H16ClN3O4. The van der Waals surface area contributed by atoms with E-state index in [-0.39, 0.29) is 23.3 Å². The molecule has 2 heterocycles. The first-order valence-electron chi connectivity index (χ1n) is 9.03. The van der Waals surface area contributed by atoms with Gasteiger partial charge in [-0.25, -0.2) is 0 Å². The Hall–Kier alpha value is -3.84. The Bertz CT molecular complexity index is 1170. The van der Waals surface area contributed by atoms with Crippen LogP contribution in [-0.2, 0) is 6.54 Å². The van der Waals surface area contributed by atoms with Crippen molar-refractivity contribution in [1.82, 2.24) is 10.5 Å². The lowest BCUT2D eigenvalue weighted by molar-refractivity contribution is 0.0941. The van der Waals surface area contributed by atoms with E-state index in [0.717, 1.165) is 11.1 Å². The number of benzene rings is 2. The van der Waals surface area contributed by atoms with Crippen molar-refractivity contribution in [3.63, 3.8) is 0 Å². The van der Waals surface area contributed by atoms with E-state index in [0.29, 0.717) is 23.0 Å². The molecule has 2 aromatic heterocycles. The Morgan fingerprint density at radius 1 is 0.967 bits per heavy atom. The number of aromatic nitrogens is 1. The molecule has 150 valence electrons. The van der Waals surface area contributed by atoms with Crippen LogP contribution in [0.1, 0.15) is 26.6 Å². The monoisotopic (exact) mass is 421 g/mol. The van der Waals surface area contributed by atoms with Gasteiger partial charge in [-0.15, -0.1) is 0 Å². The molecule has 0 bridgehead atoms. The van der Waals surface area contributed by atoms with Crippen LogP contribution in [-0.4, -0.2) is 17.0 Å². The maximum absolute atomic E-state index is 12.3. The number of hydrogen-bond donors (Lipinski definition) is 2. The number of anilines is 1. The summed E-state index contributed by atoms with van der Waals surface area (Å²) in [6, 6.07) is 19.0. The predicted molar refractivity (Wildman–Crippen MR) is 111 cm³/mol. The Labute approximate surface area is 176 Å². The van der Waals surface area contributed by atoms with Crippen LogP contribution in [0.4, 0.5) is 5.69 Å². The van der Waals surface area contributed by atoms with Gasteiger partial charge in [-0.05, 0) is 42.0 Å². The SMILES string of the molecule is O=C(NCc1ccc(NC(=O)c2ccco2)cc1)c1cc(-c2cccc(Cl)c2)on1. The van der Waals surface area contributed by atoms with E-state index in [1.54, 1.807) is 60.7 Å². The normalized spacial score (nSPS) is 10.6. The lowest BCUT2D eigenvalue weighted by Crippen LogP contribution is -2.23. The van der Waals surface area contributed by atoms with Gasteiger partial charge in [0.2, 0.25) is 0 Å². The van der Waals surface area contributed by atoms with E-state index in [2.05, 4.69) is 15.8 Å². The fourth-order valence-corrected chi connectivity index (χ4v) is 2.93. The Morgan fingerprint density at radius 3 is 2.53 bits per heavy atom. The van der Waals surface area contributed by atoms with Gasteiger partial charge in [-0.2, -0.15) is 0 Å². The first-order valence-corrected chi connectivity index (χ1v) is 9.41. The minimum Gasteiger partial charge on any atom is -0.459 e. The molecule has 0 spiro atoms. The van der Waals surface area contributed by atoms with Gasteiger partial charge in [0.25, 0.3) is 11.8 Å². The molecule has 4 aromatic rings. The molecule has 7 nitrogen and oxygen atoms in total. The first kappa shape index (κ1) is 19.5. The van der Waals surface area contributed by atoms with Crippen molar-refractivity contribution in [2.75, 3.05) is 5.32 Å². The number of rotatable bonds is 6. The highest BCUT2D eigenvalue weighted by molar-refractivity contribution is 6.30. The maximum atomic E-state index is 12.3. The van der Waals surface area contributed by atoms with Crippen LogP contribution in [0, 0.1) is 0 Å². The van der Waals surface area contributed by atoms with E-state index in [9.17, 15) is 9.59 Å². The van der Waals surface area contributed by atoms with Gasteiger partial charge in [0, 0.05) is 28.9 Å². The van der Waals surface area contributed by atoms with E-state index in [1.807, 2.05) is 6.07 Å². The fraction of sp³-hybridized carbons (Fsp3) is 0.0455. The third-order valence-electron chi connectivity index (χ3n) is 4.26. The lowest BCUT2D eigenvalue weighted by Gasteiger charge is -2.06. The van der Waals surface area contributed by atoms with Crippen molar-refractivity contribution in [2.24, 2.45) is 0 Å². The van der Waals surface area contributed by atoms with E-state index >= 15 is 0 Å². The summed E-state index contributed by atoms with van der Waals surface area (Å²) >= 11 is 5.98. The summed E-state index contributed by atoms with van der Waals surface area (Å²) in [6.07, 6.45) is 1.44. The average molecular weight is 422 g/mol. The zero-order chi connectivity index (χ0) is 20.9. The van der Waals surface area contributed by atoms with Crippen molar-refractivity contribution in [1.29, 1.82) is 0 Å². The number of halogens is 1. The molecule has 0 aliphatic carbocycles. The summed E-state index contributed by atoms with van der Waals surface area (Å²) in [5.41, 5.74) is 2.39. The van der Waals surface area contributed by atoms with E-state index < -0.39 is 0 Å². The average Bonchev–Trinajstić information content (AvgIpc) is 3.45. The molecule has 0 unspecified atom stereocenters. The largest absolute Gasteiger partial charge is 0.459 e. The number of furan rings is 1. The highest BCUT2D eigenvalue weighted by Gasteiger charge is 2.14. The van der Waals surface area contributed by atoms with Crippen molar-refractivity contribution in [3.8, 4) is 11.3 Å². The standard InChI is InChI=1S/C22H16ClN3O4/c23-16-4-1-3-15(11-16)20-12-18(26-30-20)21(27)24-13-14-6-8-17(9-7-14)25-22(28)19-5-2-10-29-19/h1-12H,13H2,(H,24,27)(H,25,28). The molecule has 0 saturated heterocycles. The molecule has 30 heavy (non-hydrogen) atoms. The van der Waals surface area contributed by atoms with Gasteiger partial charge in [0.05, 0.1) is 6.26 Å². The zero-order valence-corrected chi connectivity index (χ0v) is 16.3.